The van der Waals surface area contributed by atoms with E-state index in [-0.39, 0.29) is 0 Å². The molecule has 0 aliphatic heterocycles. The lowest BCUT2D eigenvalue weighted by Gasteiger charge is -2.26. The molecule has 16 heavy (non-hydrogen) atoms. The molecule has 0 fully saturated rings. The Labute approximate surface area is 96.9 Å². The molecule has 1 aromatic carbocycles. The number of fused-ring (bicyclic) bond motifs is 3. The van der Waals surface area contributed by atoms with Gasteiger partial charge in [-0.05, 0) is 42.7 Å². The van der Waals surface area contributed by atoms with Gasteiger partial charge in [-0.15, -0.1) is 0 Å². The van der Waals surface area contributed by atoms with Gasteiger partial charge in [-0.1, -0.05) is 32.0 Å². The maximum Gasteiger partial charge on any atom is 0.0459 e. The first-order chi connectivity index (χ1) is 7.77. The first-order valence-corrected chi connectivity index (χ1v) is 6.37. The number of para-hydroxylation sites is 1. The molecule has 1 unspecified atom stereocenters. The molecule has 0 radical (unpaired) electrons. The van der Waals surface area contributed by atoms with Gasteiger partial charge < -0.3 is 4.98 Å². The lowest BCUT2D eigenvalue weighted by atomic mass is 9.78. The largest absolute Gasteiger partial charge is 0.358 e. The van der Waals surface area contributed by atoms with Crippen LogP contribution in [-0.2, 0) is 6.42 Å². The summed E-state index contributed by atoms with van der Waals surface area (Å²) in [5.41, 5.74) is 4.42. The molecule has 0 saturated carbocycles. The molecule has 1 N–H and O–H groups in total. The fourth-order valence-electron chi connectivity index (χ4n) is 3.15. The molecule has 1 aromatic heterocycles. The van der Waals surface area contributed by atoms with E-state index in [9.17, 15) is 0 Å². The fourth-order valence-corrected chi connectivity index (χ4v) is 3.15. The molecule has 1 heterocycles. The summed E-state index contributed by atoms with van der Waals surface area (Å²) >= 11 is 0. The van der Waals surface area contributed by atoms with Gasteiger partial charge in [0, 0.05) is 16.6 Å². The van der Waals surface area contributed by atoms with Crippen molar-refractivity contribution in [2.24, 2.45) is 5.92 Å². The van der Waals surface area contributed by atoms with Gasteiger partial charge in [0.2, 0.25) is 0 Å². The van der Waals surface area contributed by atoms with Crippen molar-refractivity contribution in [1.82, 2.24) is 4.98 Å². The molecular weight excluding hydrogens is 194 g/mol. The van der Waals surface area contributed by atoms with Crippen LogP contribution in [0, 0.1) is 5.92 Å². The average molecular weight is 213 g/mol. The highest BCUT2D eigenvalue weighted by molar-refractivity contribution is 5.85. The predicted octanol–water partition coefficient (Wildman–Crippen LogP) is 4.24. The van der Waals surface area contributed by atoms with E-state index in [4.69, 9.17) is 0 Å². The molecule has 0 saturated heterocycles. The SMILES string of the molecule is CC(C)C1CCCc2[nH]c3ccccc3c21. The van der Waals surface area contributed by atoms with Crippen molar-refractivity contribution in [1.29, 1.82) is 0 Å². The normalized spacial score (nSPS) is 20.3. The summed E-state index contributed by atoms with van der Waals surface area (Å²) in [4.78, 5) is 3.60. The van der Waals surface area contributed by atoms with Crippen LogP contribution < -0.4 is 0 Å². The van der Waals surface area contributed by atoms with Crippen molar-refractivity contribution < 1.29 is 0 Å². The van der Waals surface area contributed by atoms with Crippen LogP contribution in [0.2, 0.25) is 0 Å². The van der Waals surface area contributed by atoms with Crippen molar-refractivity contribution in [3.63, 3.8) is 0 Å². The molecule has 1 heteroatoms. The number of aromatic amines is 1. The Hall–Kier alpha value is -1.24. The quantitative estimate of drug-likeness (QED) is 0.729. The molecular formula is C15H19N. The maximum absolute atomic E-state index is 3.60. The highest BCUT2D eigenvalue weighted by atomic mass is 14.7. The minimum Gasteiger partial charge on any atom is -0.358 e. The maximum atomic E-state index is 3.60. The Kier molecular flexibility index (Phi) is 2.27. The Morgan fingerprint density at radius 1 is 1.25 bits per heavy atom. The summed E-state index contributed by atoms with van der Waals surface area (Å²) in [5.74, 6) is 1.50. The zero-order valence-corrected chi connectivity index (χ0v) is 10.1. The monoisotopic (exact) mass is 213 g/mol. The van der Waals surface area contributed by atoms with Crippen molar-refractivity contribution >= 4 is 10.9 Å². The highest BCUT2D eigenvalue weighted by Gasteiger charge is 2.26. The molecule has 1 aliphatic carbocycles. The van der Waals surface area contributed by atoms with E-state index < -0.39 is 0 Å². The fraction of sp³-hybridized carbons (Fsp3) is 0.467. The predicted molar refractivity (Wildman–Crippen MR) is 68.8 cm³/mol. The summed E-state index contributed by atoms with van der Waals surface area (Å²) in [6, 6.07) is 8.74. The van der Waals surface area contributed by atoms with Gasteiger partial charge >= 0.3 is 0 Å². The van der Waals surface area contributed by atoms with Gasteiger partial charge in [0.25, 0.3) is 0 Å². The first kappa shape index (κ1) is 9.95. The summed E-state index contributed by atoms with van der Waals surface area (Å²) in [6.07, 6.45) is 3.92. The lowest BCUT2D eigenvalue weighted by Crippen LogP contribution is -2.13. The molecule has 0 bridgehead atoms. The topological polar surface area (TPSA) is 15.8 Å². The summed E-state index contributed by atoms with van der Waals surface area (Å²) in [5, 5.41) is 1.45. The molecule has 1 atom stereocenters. The Balaban J connectivity index is 2.24. The minimum absolute atomic E-state index is 0.748. The van der Waals surface area contributed by atoms with Gasteiger partial charge in [0.1, 0.15) is 0 Å². The van der Waals surface area contributed by atoms with Gasteiger partial charge in [0.05, 0.1) is 0 Å². The smallest absolute Gasteiger partial charge is 0.0459 e. The second-order valence-corrected chi connectivity index (χ2v) is 5.31. The van der Waals surface area contributed by atoms with Crippen LogP contribution in [0.3, 0.4) is 0 Å². The van der Waals surface area contributed by atoms with Crippen molar-refractivity contribution in [2.45, 2.75) is 39.0 Å². The minimum atomic E-state index is 0.748. The summed E-state index contributed by atoms with van der Waals surface area (Å²) in [7, 11) is 0. The zero-order chi connectivity index (χ0) is 11.1. The Morgan fingerprint density at radius 3 is 2.88 bits per heavy atom. The van der Waals surface area contributed by atoms with E-state index >= 15 is 0 Å². The van der Waals surface area contributed by atoms with Crippen molar-refractivity contribution in [2.75, 3.05) is 0 Å². The van der Waals surface area contributed by atoms with Gasteiger partial charge in [-0.25, -0.2) is 0 Å². The van der Waals surface area contributed by atoms with Crippen LogP contribution in [-0.4, -0.2) is 4.98 Å². The first-order valence-electron chi connectivity index (χ1n) is 6.37. The molecule has 0 amide bonds. The highest BCUT2D eigenvalue weighted by Crippen LogP contribution is 2.40. The summed E-state index contributed by atoms with van der Waals surface area (Å²) in [6.45, 7) is 4.70. The number of aryl methyl sites for hydroxylation is 1. The number of H-pyrrole nitrogens is 1. The van der Waals surface area contributed by atoms with Crippen LogP contribution in [0.15, 0.2) is 24.3 Å². The number of rotatable bonds is 1. The molecule has 2 aromatic rings. The van der Waals surface area contributed by atoms with E-state index in [1.54, 1.807) is 5.56 Å². The third kappa shape index (κ3) is 1.38. The lowest BCUT2D eigenvalue weighted by molar-refractivity contribution is 0.435. The van der Waals surface area contributed by atoms with Gasteiger partial charge in [-0.3, -0.25) is 0 Å². The third-order valence-electron chi connectivity index (χ3n) is 3.95. The number of aromatic nitrogens is 1. The Morgan fingerprint density at radius 2 is 2.06 bits per heavy atom. The standard InChI is InChI=1S/C15H19N/c1-10(2)11-7-5-9-14-15(11)12-6-3-4-8-13(12)16-14/h3-4,6,8,10-11,16H,5,7,9H2,1-2H3. The number of hydrogen-bond donors (Lipinski definition) is 1. The van der Waals surface area contributed by atoms with E-state index in [1.807, 2.05) is 0 Å². The molecule has 0 spiro atoms. The Bertz CT molecular complexity index is 507. The van der Waals surface area contributed by atoms with Crippen LogP contribution >= 0.6 is 0 Å². The van der Waals surface area contributed by atoms with Gasteiger partial charge in [0.15, 0.2) is 0 Å². The third-order valence-corrected chi connectivity index (χ3v) is 3.95. The van der Waals surface area contributed by atoms with Crippen LogP contribution in [0.1, 0.15) is 43.9 Å². The van der Waals surface area contributed by atoms with Crippen LogP contribution in [0.4, 0.5) is 0 Å². The number of nitrogens with one attached hydrogen (secondary N) is 1. The van der Waals surface area contributed by atoms with Crippen LogP contribution in [0.5, 0.6) is 0 Å². The second-order valence-electron chi connectivity index (χ2n) is 5.31. The van der Waals surface area contributed by atoms with Gasteiger partial charge in [-0.2, -0.15) is 0 Å². The molecule has 1 nitrogen and oxygen atoms in total. The molecule has 3 rings (SSSR count). The van der Waals surface area contributed by atoms with E-state index in [1.165, 1.54) is 35.9 Å². The number of hydrogen-bond acceptors (Lipinski definition) is 0. The number of benzene rings is 1. The molecule has 84 valence electrons. The average Bonchev–Trinajstić information content (AvgIpc) is 2.66. The van der Waals surface area contributed by atoms with Crippen LogP contribution in [0.25, 0.3) is 10.9 Å². The van der Waals surface area contributed by atoms with E-state index in [2.05, 4.69) is 43.1 Å². The van der Waals surface area contributed by atoms with E-state index in [0.29, 0.717) is 0 Å². The second kappa shape index (κ2) is 3.65. The van der Waals surface area contributed by atoms with Crippen molar-refractivity contribution in [3.05, 3.63) is 35.5 Å². The summed E-state index contributed by atoms with van der Waals surface area (Å²) < 4.78 is 0. The molecule has 1 aliphatic rings. The zero-order valence-electron chi connectivity index (χ0n) is 10.1. The van der Waals surface area contributed by atoms with Crippen molar-refractivity contribution in [3.8, 4) is 0 Å². The van der Waals surface area contributed by atoms with E-state index in [0.717, 1.165) is 11.8 Å².